The minimum Gasteiger partial charge on any atom is -0.449 e. The summed E-state index contributed by atoms with van der Waals surface area (Å²) in [7, 11) is 1.43. The van der Waals surface area contributed by atoms with Crippen molar-refractivity contribution in [2.75, 3.05) is 50.1 Å². The first-order valence-electron chi connectivity index (χ1n) is 9.67. The van der Waals surface area contributed by atoms with E-state index in [4.69, 9.17) is 9.15 Å². The van der Waals surface area contributed by atoms with Crippen molar-refractivity contribution in [2.24, 2.45) is 0 Å². The molecule has 0 atom stereocenters. The monoisotopic (exact) mass is 411 g/mol. The number of anilines is 2. The number of hydrogen-bond acceptors (Lipinski definition) is 5. The Morgan fingerprint density at radius 3 is 2.47 bits per heavy atom. The number of rotatable bonds is 5. The highest BCUT2D eigenvalue weighted by atomic mass is 19.1. The predicted octanol–water partition coefficient (Wildman–Crippen LogP) is 3.12. The molecule has 0 spiro atoms. The molecule has 30 heavy (non-hydrogen) atoms. The first-order valence-corrected chi connectivity index (χ1v) is 9.67. The van der Waals surface area contributed by atoms with Gasteiger partial charge in [-0.1, -0.05) is 12.1 Å². The zero-order valence-electron chi connectivity index (χ0n) is 16.6. The molecule has 0 bridgehead atoms. The number of furan rings is 1. The molecule has 3 aromatic rings. The smallest absolute Gasteiger partial charge is 0.291 e. The second kappa shape index (κ2) is 8.54. The molecule has 1 aliphatic rings. The van der Waals surface area contributed by atoms with E-state index >= 15 is 0 Å². The van der Waals surface area contributed by atoms with E-state index in [0.717, 1.165) is 5.69 Å². The van der Waals surface area contributed by atoms with Crippen LogP contribution in [0.15, 0.2) is 52.9 Å². The number of hydrogen-bond donors (Lipinski definition) is 1. The van der Waals surface area contributed by atoms with Gasteiger partial charge in [0.2, 0.25) is 11.7 Å². The molecule has 7 nitrogen and oxygen atoms in total. The largest absolute Gasteiger partial charge is 0.449 e. The number of amides is 2. The van der Waals surface area contributed by atoms with Crippen LogP contribution in [0.4, 0.5) is 15.8 Å². The van der Waals surface area contributed by atoms with Gasteiger partial charge in [-0.3, -0.25) is 9.59 Å². The van der Waals surface area contributed by atoms with Crippen LogP contribution in [-0.2, 0) is 9.53 Å². The van der Waals surface area contributed by atoms with Gasteiger partial charge >= 0.3 is 0 Å². The number of ether oxygens (including phenoxy) is 1. The highest BCUT2D eigenvalue weighted by Gasteiger charge is 2.29. The fraction of sp³-hybridized carbons (Fsp3) is 0.273. The summed E-state index contributed by atoms with van der Waals surface area (Å²) in [5.74, 6) is -0.812. The van der Waals surface area contributed by atoms with Crippen LogP contribution < -0.4 is 10.2 Å². The van der Waals surface area contributed by atoms with Crippen molar-refractivity contribution in [3.8, 4) is 0 Å². The molecule has 1 saturated heterocycles. The molecule has 156 valence electrons. The molecule has 2 heterocycles. The van der Waals surface area contributed by atoms with Crippen LogP contribution in [0.2, 0.25) is 0 Å². The van der Waals surface area contributed by atoms with Crippen LogP contribution in [-0.4, -0.2) is 56.6 Å². The molecule has 0 saturated carbocycles. The molecule has 0 aliphatic carbocycles. The SMILES string of the molecule is COCC(=O)Nc1c(C(=O)N2CCN(c3ccc(F)cc3)CC2)oc2ccccc12. The Bertz CT molecular complexity index is 1060. The van der Waals surface area contributed by atoms with E-state index in [1.165, 1.54) is 19.2 Å². The lowest BCUT2D eigenvalue weighted by molar-refractivity contribution is -0.119. The van der Waals surface area contributed by atoms with Gasteiger partial charge in [-0.25, -0.2) is 4.39 Å². The minimum absolute atomic E-state index is 0.107. The van der Waals surface area contributed by atoms with Crippen LogP contribution in [0.1, 0.15) is 10.6 Å². The standard InChI is InChI=1S/C22H22FN3O4/c1-29-14-19(27)24-20-17-4-2-3-5-18(17)30-21(20)22(28)26-12-10-25(11-13-26)16-8-6-15(23)7-9-16/h2-9H,10-14H2,1H3,(H,24,27). The Morgan fingerprint density at radius 2 is 1.77 bits per heavy atom. The first kappa shape index (κ1) is 19.9. The third kappa shape index (κ3) is 3.99. The summed E-state index contributed by atoms with van der Waals surface area (Å²) < 4.78 is 23.8. The summed E-state index contributed by atoms with van der Waals surface area (Å²) in [5.41, 5.74) is 1.80. The molecule has 8 heteroatoms. The van der Waals surface area contributed by atoms with Crippen LogP contribution in [0.5, 0.6) is 0 Å². The Labute approximate surface area is 173 Å². The van der Waals surface area contributed by atoms with Gasteiger partial charge in [-0.15, -0.1) is 0 Å². The van der Waals surface area contributed by atoms with Gasteiger partial charge < -0.3 is 24.3 Å². The number of carbonyl (C=O) groups is 2. The first-order chi connectivity index (χ1) is 14.6. The molecule has 2 amide bonds. The normalized spacial score (nSPS) is 14.2. The topological polar surface area (TPSA) is 75.0 Å². The highest BCUT2D eigenvalue weighted by molar-refractivity contribution is 6.11. The molecule has 4 rings (SSSR count). The van der Waals surface area contributed by atoms with Crippen molar-refractivity contribution in [2.45, 2.75) is 0 Å². The molecule has 1 fully saturated rings. The van der Waals surface area contributed by atoms with Gasteiger partial charge in [0, 0.05) is 44.4 Å². The quantitative estimate of drug-likeness (QED) is 0.698. The molecule has 0 unspecified atom stereocenters. The summed E-state index contributed by atoms with van der Waals surface area (Å²) >= 11 is 0. The van der Waals surface area contributed by atoms with Crippen LogP contribution in [0, 0.1) is 5.82 Å². The van der Waals surface area contributed by atoms with Gasteiger partial charge in [0.15, 0.2) is 0 Å². The molecule has 0 radical (unpaired) electrons. The molecular formula is C22H22FN3O4. The van der Waals surface area contributed by atoms with Gasteiger partial charge in [0.1, 0.15) is 23.7 Å². The fourth-order valence-corrected chi connectivity index (χ4v) is 3.59. The molecule has 1 aliphatic heterocycles. The third-order valence-corrected chi connectivity index (χ3v) is 5.09. The fourth-order valence-electron chi connectivity index (χ4n) is 3.59. The van der Waals surface area contributed by atoms with Gasteiger partial charge in [-0.05, 0) is 36.4 Å². The number of benzene rings is 2. The average molecular weight is 411 g/mol. The number of methoxy groups -OCH3 is 1. The van der Waals surface area contributed by atoms with Crippen molar-refractivity contribution in [3.05, 3.63) is 60.1 Å². The average Bonchev–Trinajstić information content (AvgIpc) is 3.12. The minimum atomic E-state index is -0.362. The molecule has 2 aromatic carbocycles. The van der Waals surface area contributed by atoms with E-state index in [1.54, 1.807) is 29.2 Å². The lowest BCUT2D eigenvalue weighted by Crippen LogP contribution is -2.48. The molecule has 1 aromatic heterocycles. The van der Waals surface area contributed by atoms with Crippen LogP contribution in [0.25, 0.3) is 11.0 Å². The van der Waals surface area contributed by atoms with Crippen LogP contribution in [0.3, 0.4) is 0 Å². The van der Waals surface area contributed by atoms with E-state index in [1.807, 2.05) is 12.1 Å². The van der Waals surface area contributed by atoms with Crippen molar-refractivity contribution < 1.29 is 23.1 Å². The van der Waals surface area contributed by atoms with Crippen LogP contribution >= 0.6 is 0 Å². The lowest BCUT2D eigenvalue weighted by atomic mass is 10.2. The summed E-state index contributed by atoms with van der Waals surface area (Å²) in [5, 5.41) is 3.41. The highest BCUT2D eigenvalue weighted by Crippen LogP contribution is 2.32. The lowest BCUT2D eigenvalue weighted by Gasteiger charge is -2.35. The maximum atomic E-state index is 13.2. The Balaban J connectivity index is 1.53. The summed E-state index contributed by atoms with van der Waals surface area (Å²) in [6, 6.07) is 13.5. The van der Waals surface area contributed by atoms with Crippen molar-refractivity contribution in [1.29, 1.82) is 0 Å². The summed E-state index contributed by atoms with van der Waals surface area (Å²) in [4.78, 5) is 29.1. The molecule has 1 N–H and O–H groups in total. The zero-order chi connectivity index (χ0) is 21.1. The Hall–Kier alpha value is -3.39. The number of para-hydroxylation sites is 1. The van der Waals surface area contributed by atoms with Gasteiger partial charge in [0.25, 0.3) is 5.91 Å². The van der Waals surface area contributed by atoms with Gasteiger partial charge in [-0.2, -0.15) is 0 Å². The number of nitrogens with zero attached hydrogens (tertiary/aromatic N) is 2. The number of piperazine rings is 1. The third-order valence-electron chi connectivity index (χ3n) is 5.09. The maximum absolute atomic E-state index is 13.2. The van der Waals surface area contributed by atoms with E-state index in [0.29, 0.717) is 42.8 Å². The predicted molar refractivity (Wildman–Crippen MR) is 111 cm³/mol. The Kier molecular flexibility index (Phi) is 5.67. The number of nitrogens with one attached hydrogen (secondary N) is 1. The Morgan fingerprint density at radius 1 is 1.07 bits per heavy atom. The second-order valence-corrected chi connectivity index (χ2v) is 7.04. The van der Waals surface area contributed by atoms with Gasteiger partial charge in [0.05, 0.1) is 0 Å². The van der Waals surface area contributed by atoms with Crippen molar-refractivity contribution >= 4 is 34.2 Å². The van der Waals surface area contributed by atoms with E-state index < -0.39 is 0 Å². The summed E-state index contributed by atoms with van der Waals surface area (Å²) in [6.45, 7) is 2.08. The number of halogens is 1. The molecular weight excluding hydrogens is 389 g/mol. The zero-order valence-corrected chi connectivity index (χ0v) is 16.6. The van der Waals surface area contributed by atoms with Crippen molar-refractivity contribution in [1.82, 2.24) is 4.90 Å². The number of carbonyl (C=O) groups excluding carboxylic acids is 2. The second-order valence-electron chi connectivity index (χ2n) is 7.04. The summed E-state index contributed by atoms with van der Waals surface area (Å²) in [6.07, 6.45) is 0. The van der Waals surface area contributed by atoms with E-state index in [2.05, 4.69) is 10.2 Å². The maximum Gasteiger partial charge on any atom is 0.291 e. The van der Waals surface area contributed by atoms with E-state index in [9.17, 15) is 14.0 Å². The number of fused-ring (bicyclic) bond motifs is 1. The van der Waals surface area contributed by atoms with Crippen molar-refractivity contribution in [3.63, 3.8) is 0 Å². The van der Waals surface area contributed by atoms with E-state index in [-0.39, 0.29) is 30.0 Å².